The Morgan fingerprint density at radius 3 is 2.76 bits per heavy atom. The Morgan fingerprint density at radius 2 is 2.08 bits per heavy atom. The third kappa shape index (κ3) is 4.34. The van der Waals surface area contributed by atoms with Crippen molar-refractivity contribution in [2.75, 3.05) is 32.7 Å². The summed E-state index contributed by atoms with van der Waals surface area (Å²) < 4.78 is 1.86. The van der Waals surface area contributed by atoms with Crippen LogP contribution >= 0.6 is 23.4 Å². The molecule has 2 heterocycles. The molecule has 0 radical (unpaired) electrons. The molecule has 1 aromatic heterocycles. The van der Waals surface area contributed by atoms with Gasteiger partial charge in [-0.3, -0.25) is 9.36 Å². The van der Waals surface area contributed by atoms with Gasteiger partial charge in [0.05, 0.1) is 10.9 Å². The van der Waals surface area contributed by atoms with E-state index in [1.165, 1.54) is 11.8 Å². The van der Waals surface area contributed by atoms with Crippen LogP contribution in [0.1, 0.15) is 13.8 Å². The van der Waals surface area contributed by atoms with Gasteiger partial charge in [-0.25, -0.2) is 0 Å². The van der Waals surface area contributed by atoms with E-state index in [9.17, 15) is 4.79 Å². The van der Waals surface area contributed by atoms with Gasteiger partial charge in [-0.1, -0.05) is 36.4 Å². The van der Waals surface area contributed by atoms with E-state index >= 15 is 0 Å². The van der Waals surface area contributed by atoms with Gasteiger partial charge in [0.1, 0.15) is 6.33 Å². The molecule has 0 spiro atoms. The number of amides is 1. The minimum absolute atomic E-state index is 0.154. The average Bonchev–Trinajstić information content (AvgIpc) is 3.09. The second-order valence-corrected chi connectivity index (χ2v) is 7.73. The zero-order chi connectivity index (χ0) is 17.8. The molecule has 1 amide bonds. The molecule has 0 bridgehead atoms. The van der Waals surface area contributed by atoms with Crippen LogP contribution in [0.3, 0.4) is 0 Å². The molecule has 1 atom stereocenters. The summed E-state index contributed by atoms with van der Waals surface area (Å²) in [4.78, 5) is 17.0. The monoisotopic (exact) mass is 379 g/mol. The fourth-order valence-electron chi connectivity index (χ4n) is 2.86. The molecule has 1 saturated heterocycles. The fourth-order valence-corrected chi connectivity index (χ4v) is 3.97. The van der Waals surface area contributed by atoms with E-state index in [2.05, 4.69) is 22.0 Å². The molecule has 134 valence electrons. The van der Waals surface area contributed by atoms with Crippen LogP contribution in [0.5, 0.6) is 0 Å². The summed E-state index contributed by atoms with van der Waals surface area (Å²) in [6, 6.07) is 7.50. The molecule has 6 nitrogen and oxygen atoms in total. The quantitative estimate of drug-likeness (QED) is 0.747. The van der Waals surface area contributed by atoms with Crippen molar-refractivity contribution in [3.63, 3.8) is 0 Å². The normalized spacial score (nSPS) is 16.8. The topological polar surface area (TPSA) is 54.3 Å². The number of thioether (sulfide) groups is 1. The van der Waals surface area contributed by atoms with Gasteiger partial charge in [0.25, 0.3) is 0 Å². The molecule has 1 aliphatic rings. The summed E-state index contributed by atoms with van der Waals surface area (Å²) in [5.41, 5.74) is 0.885. The standard InChI is InChI=1S/C17H22ClN5OS/c1-3-21-7-9-22(10-8-21)16(24)13(2)25-17-20-19-12-23(17)15-6-4-5-14(18)11-15/h4-6,11-13H,3,7-10H2,1-2H3. The Bertz CT molecular complexity index is 729. The summed E-state index contributed by atoms with van der Waals surface area (Å²) >= 11 is 7.50. The number of rotatable bonds is 5. The maximum absolute atomic E-state index is 12.7. The summed E-state index contributed by atoms with van der Waals surface area (Å²) in [5.74, 6) is 0.154. The molecular formula is C17H22ClN5OS. The number of benzene rings is 1. The number of likely N-dealkylation sites (N-methyl/N-ethyl adjacent to an activating group) is 1. The first-order valence-electron chi connectivity index (χ1n) is 8.42. The Kier molecular flexibility index (Phi) is 5.98. The summed E-state index contributed by atoms with van der Waals surface area (Å²) in [6.07, 6.45) is 1.64. The minimum Gasteiger partial charge on any atom is -0.339 e. The molecule has 3 rings (SSSR count). The van der Waals surface area contributed by atoms with Crippen LogP contribution in [0.4, 0.5) is 0 Å². The fraction of sp³-hybridized carbons (Fsp3) is 0.471. The van der Waals surface area contributed by atoms with E-state index in [1.54, 1.807) is 6.33 Å². The van der Waals surface area contributed by atoms with Crippen LogP contribution in [0.2, 0.25) is 5.02 Å². The van der Waals surface area contributed by atoms with Gasteiger partial charge in [0.2, 0.25) is 5.91 Å². The lowest BCUT2D eigenvalue weighted by molar-refractivity contribution is -0.132. The highest BCUT2D eigenvalue weighted by Gasteiger charge is 2.26. The van der Waals surface area contributed by atoms with E-state index in [1.807, 2.05) is 40.7 Å². The van der Waals surface area contributed by atoms with Crippen LogP contribution < -0.4 is 0 Å². The van der Waals surface area contributed by atoms with E-state index in [0.717, 1.165) is 38.4 Å². The van der Waals surface area contributed by atoms with Crippen LogP contribution in [0.15, 0.2) is 35.7 Å². The van der Waals surface area contributed by atoms with Crippen LogP contribution in [0.25, 0.3) is 5.69 Å². The van der Waals surface area contributed by atoms with Crippen molar-refractivity contribution >= 4 is 29.3 Å². The Morgan fingerprint density at radius 1 is 1.32 bits per heavy atom. The third-order valence-corrected chi connectivity index (χ3v) is 5.64. The van der Waals surface area contributed by atoms with Crippen LogP contribution in [-0.2, 0) is 4.79 Å². The first kappa shape index (κ1) is 18.2. The number of halogens is 1. The highest BCUT2D eigenvalue weighted by molar-refractivity contribution is 8.00. The molecule has 1 fully saturated rings. The summed E-state index contributed by atoms with van der Waals surface area (Å²) in [7, 11) is 0. The Labute approximate surface area is 157 Å². The zero-order valence-electron chi connectivity index (χ0n) is 14.4. The van der Waals surface area contributed by atoms with Gasteiger partial charge < -0.3 is 9.80 Å². The second kappa shape index (κ2) is 8.21. The van der Waals surface area contributed by atoms with Crippen molar-refractivity contribution in [1.82, 2.24) is 24.6 Å². The lowest BCUT2D eigenvalue weighted by Crippen LogP contribution is -2.50. The third-order valence-electron chi connectivity index (χ3n) is 4.36. The second-order valence-electron chi connectivity index (χ2n) is 5.98. The molecule has 2 aromatic rings. The highest BCUT2D eigenvalue weighted by atomic mass is 35.5. The first-order valence-corrected chi connectivity index (χ1v) is 9.68. The van der Waals surface area contributed by atoms with Crippen molar-refractivity contribution in [1.29, 1.82) is 0 Å². The smallest absolute Gasteiger partial charge is 0.235 e. The molecule has 8 heteroatoms. The number of hydrogen-bond donors (Lipinski definition) is 0. The Balaban J connectivity index is 1.67. The van der Waals surface area contributed by atoms with Crippen molar-refractivity contribution in [3.8, 4) is 5.69 Å². The van der Waals surface area contributed by atoms with Crippen molar-refractivity contribution in [3.05, 3.63) is 35.6 Å². The first-order chi connectivity index (χ1) is 12.1. The number of nitrogens with zero attached hydrogens (tertiary/aromatic N) is 5. The van der Waals surface area contributed by atoms with Crippen molar-refractivity contribution < 1.29 is 4.79 Å². The van der Waals surface area contributed by atoms with Gasteiger partial charge in [0, 0.05) is 31.2 Å². The average molecular weight is 380 g/mol. The number of piperazine rings is 1. The SMILES string of the molecule is CCN1CCN(C(=O)C(C)Sc2nncn2-c2cccc(Cl)c2)CC1. The van der Waals surface area contributed by atoms with Gasteiger partial charge in [0.15, 0.2) is 5.16 Å². The Hall–Kier alpha value is -1.57. The molecule has 0 N–H and O–H groups in total. The molecule has 1 aliphatic heterocycles. The van der Waals surface area contributed by atoms with E-state index in [-0.39, 0.29) is 11.2 Å². The lowest BCUT2D eigenvalue weighted by atomic mass is 10.3. The number of carbonyl (C=O) groups is 1. The maximum Gasteiger partial charge on any atom is 0.235 e. The number of hydrogen-bond acceptors (Lipinski definition) is 5. The maximum atomic E-state index is 12.7. The minimum atomic E-state index is -0.213. The molecule has 25 heavy (non-hydrogen) atoms. The number of carbonyl (C=O) groups excluding carboxylic acids is 1. The zero-order valence-corrected chi connectivity index (χ0v) is 16.0. The van der Waals surface area contributed by atoms with Gasteiger partial charge in [-0.15, -0.1) is 10.2 Å². The van der Waals surface area contributed by atoms with Crippen molar-refractivity contribution in [2.24, 2.45) is 0 Å². The molecule has 1 aromatic carbocycles. The molecule has 0 aliphatic carbocycles. The predicted molar refractivity (Wildman–Crippen MR) is 100 cm³/mol. The van der Waals surface area contributed by atoms with Gasteiger partial charge in [-0.2, -0.15) is 0 Å². The van der Waals surface area contributed by atoms with E-state index in [0.29, 0.717) is 10.2 Å². The lowest BCUT2D eigenvalue weighted by Gasteiger charge is -2.35. The molecular weight excluding hydrogens is 358 g/mol. The van der Waals surface area contributed by atoms with Gasteiger partial charge in [-0.05, 0) is 31.7 Å². The predicted octanol–water partition coefficient (Wildman–Crippen LogP) is 2.57. The van der Waals surface area contributed by atoms with E-state index in [4.69, 9.17) is 11.6 Å². The van der Waals surface area contributed by atoms with Crippen molar-refractivity contribution in [2.45, 2.75) is 24.3 Å². The molecule has 0 saturated carbocycles. The highest BCUT2D eigenvalue weighted by Crippen LogP contribution is 2.26. The summed E-state index contributed by atoms with van der Waals surface area (Å²) in [6.45, 7) is 8.58. The summed E-state index contributed by atoms with van der Waals surface area (Å²) in [5, 5.41) is 9.29. The molecule has 1 unspecified atom stereocenters. The van der Waals surface area contributed by atoms with Crippen LogP contribution in [-0.4, -0.2) is 68.4 Å². The number of aromatic nitrogens is 3. The van der Waals surface area contributed by atoms with E-state index < -0.39 is 0 Å². The van der Waals surface area contributed by atoms with Crippen LogP contribution in [0, 0.1) is 0 Å². The largest absolute Gasteiger partial charge is 0.339 e. The van der Waals surface area contributed by atoms with Gasteiger partial charge >= 0.3 is 0 Å².